The Hall–Kier alpha value is -2.87. The highest BCUT2D eigenvalue weighted by molar-refractivity contribution is 5.95. The molecule has 1 aliphatic heterocycles. The molecule has 2 heterocycles. The Labute approximate surface area is 164 Å². The number of rotatable bonds is 7. The Balaban J connectivity index is 1.65. The van der Waals surface area contributed by atoms with Crippen molar-refractivity contribution in [3.8, 4) is 5.69 Å². The summed E-state index contributed by atoms with van der Waals surface area (Å²) in [5.74, 6) is -0.401. The van der Waals surface area contributed by atoms with Gasteiger partial charge in [0.1, 0.15) is 11.4 Å². The molecule has 1 aliphatic rings. The fourth-order valence-electron chi connectivity index (χ4n) is 3.54. The number of benzene rings is 1. The molecule has 1 aromatic carbocycles. The summed E-state index contributed by atoms with van der Waals surface area (Å²) >= 11 is 0. The van der Waals surface area contributed by atoms with E-state index in [1.165, 1.54) is 17.3 Å². The maximum absolute atomic E-state index is 12.4. The number of likely N-dealkylation sites (N-methyl/N-ethyl adjacent to an activating group) is 1. The lowest BCUT2D eigenvalue weighted by Gasteiger charge is -2.22. The van der Waals surface area contributed by atoms with Crippen molar-refractivity contribution in [2.45, 2.75) is 32.7 Å². The van der Waals surface area contributed by atoms with E-state index >= 15 is 0 Å². The number of hydrogen-bond donors (Lipinski definition) is 2. The number of aromatic nitrogens is 2. The van der Waals surface area contributed by atoms with Crippen LogP contribution in [-0.2, 0) is 4.74 Å². The number of likely N-dealkylation sites (tertiary alicyclic amines) is 1. The summed E-state index contributed by atoms with van der Waals surface area (Å²) in [6.45, 7) is 6.91. The van der Waals surface area contributed by atoms with Crippen LogP contribution in [0, 0.1) is 0 Å². The van der Waals surface area contributed by atoms with E-state index in [-0.39, 0.29) is 23.9 Å². The van der Waals surface area contributed by atoms with Gasteiger partial charge in [-0.25, -0.2) is 9.48 Å². The van der Waals surface area contributed by atoms with E-state index in [4.69, 9.17) is 10.5 Å². The molecule has 1 saturated heterocycles. The van der Waals surface area contributed by atoms with E-state index in [9.17, 15) is 9.59 Å². The Morgan fingerprint density at radius 2 is 2.04 bits per heavy atom. The van der Waals surface area contributed by atoms with E-state index in [2.05, 4.69) is 22.2 Å². The molecule has 3 rings (SSSR count). The van der Waals surface area contributed by atoms with Crippen LogP contribution in [0.25, 0.3) is 5.69 Å². The molecule has 0 saturated carbocycles. The lowest BCUT2D eigenvalue weighted by Crippen LogP contribution is -2.40. The molecule has 3 N–H and O–H groups in total. The first kappa shape index (κ1) is 19.9. The predicted molar refractivity (Wildman–Crippen MR) is 107 cm³/mol. The minimum atomic E-state index is -0.504. The quantitative estimate of drug-likeness (QED) is 0.705. The normalized spacial score (nSPS) is 16.9. The number of nitrogens with two attached hydrogens (primary N) is 1. The molecule has 28 heavy (non-hydrogen) atoms. The number of anilines is 1. The smallest absolute Gasteiger partial charge is 0.343 e. The van der Waals surface area contributed by atoms with Crippen molar-refractivity contribution < 1.29 is 14.3 Å². The van der Waals surface area contributed by atoms with Gasteiger partial charge in [-0.05, 0) is 57.1 Å². The van der Waals surface area contributed by atoms with Gasteiger partial charge in [0.15, 0.2) is 0 Å². The molecular formula is C20H27N5O3. The summed E-state index contributed by atoms with van der Waals surface area (Å²) < 4.78 is 6.41. The van der Waals surface area contributed by atoms with E-state index < -0.39 is 5.97 Å². The molecule has 0 bridgehead atoms. The van der Waals surface area contributed by atoms with Gasteiger partial charge in [0.25, 0.3) is 5.91 Å². The highest BCUT2D eigenvalue weighted by Crippen LogP contribution is 2.19. The maximum Gasteiger partial charge on any atom is 0.343 e. The fraction of sp³-hybridized carbons (Fsp3) is 0.450. The second-order valence-corrected chi connectivity index (χ2v) is 6.76. The summed E-state index contributed by atoms with van der Waals surface area (Å²) in [6.07, 6.45) is 3.69. The average molecular weight is 385 g/mol. The summed E-state index contributed by atoms with van der Waals surface area (Å²) in [6, 6.07) is 7.37. The number of carbonyl (C=O) groups excluding carboxylic acids is 2. The summed E-state index contributed by atoms with van der Waals surface area (Å²) in [4.78, 5) is 26.7. The van der Waals surface area contributed by atoms with Gasteiger partial charge in [-0.3, -0.25) is 9.69 Å². The van der Waals surface area contributed by atoms with Crippen LogP contribution in [-0.4, -0.2) is 58.8 Å². The van der Waals surface area contributed by atoms with Gasteiger partial charge in [-0.1, -0.05) is 6.92 Å². The van der Waals surface area contributed by atoms with Crippen LogP contribution in [0.4, 0.5) is 5.82 Å². The molecule has 8 nitrogen and oxygen atoms in total. The van der Waals surface area contributed by atoms with Crippen molar-refractivity contribution in [1.82, 2.24) is 20.0 Å². The lowest BCUT2D eigenvalue weighted by molar-refractivity contribution is 0.0527. The number of carbonyl (C=O) groups is 2. The van der Waals surface area contributed by atoms with Crippen LogP contribution in [0.15, 0.2) is 30.5 Å². The number of hydrogen-bond acceptors (Lipinski definition) is 6. The highest BCUT2D eigenvalue weighted by Gasteiger charge is 2.23. The molecule has 8 heteroatoms. The Morgan fingerprint density at radius 1 is 1.29 bits per heavy atom. The summed E-state index contributed by atoms with van der Waals surface area (Å²) in [5, 5.41) is 7.17. The van der Waals surface area contributed by atoms with E-state index in [1.54, 1.807) is 31.2 Å². The minimum absolute atomic E-state index is 0.102. The lowest BCUT2D eigenvalue weighted by atomic mass is 10.1. The van der Waals surface area contributed by atoms with Gasteiger partial charge in [0, 0.05) is 18.2 Å². The van der Waals surface area contributed by atoms with Crippen LogP contribution < -0.4 is 11.1 Å². The van der Waals surface area contributed by atoms with Crippen molar-refractivity contribution >= 4 is 17.7 Å². The molecule has 150 valence electrons. The summed E-state index contributed by atoms with van der Waals surface area (Å²) in [5.41, 5.74) is 7.48. The number of amides is 1. The minimum Gasteiger partial charge on any atom is -0.462 e. The van der Waals surface area contributed by atoms with Crippen LogP contribution in [0.2, 0.25) is 0 Å². The summed E-state index contributed by atoms with van der Waals surface area (Å²) in [7, 11) is 0. The molecule has 0 spiro atoms. The molecule has 1 atom stereocenters. The monoisotopic (exact) mass is 385 g/mol. The third-order valence-electron chi connectivity index (χ3n) is 5.08. The molecule has 1 unspecified atom stereocenters. The first-order chi connectivity index (χ1) is 13.5. The van der Waals surface area contributed by atoms with Crippen molar-refractivity contribution in [1.29, 1.82) is 0 Å². The molecule has 1 fully saturated rings. The second-order valence-electron chi connectivity index (χ2n) is 6.76. The first-order valence-corrected chi connectivity index (χ1v) is 9.68. The Bertz CT molecular complexity index is 831. The van der Waals surface area contributed by atoms with Crippen molar-refractivity contribution in [2.24, 2.45) is 0 Å². The largest absolute Gasteiger partial charge is 0.462 e. The van der Waals surface area contributed by atoms with Gasteiger partial charge < -0.3 is 15.8 Å². The zero-order valence-corrected chi connectivity index (χ0v) is 16.4. The molecular weight excluding hydrogens is 358 g/mol. The Kier molecular flexibility index (Phi) is 6.30. The highest BCUT2D eigenvalue weighted by atomic mass is 16.5. The molecule has 1 amide bonds. The van der Waals surface area contributed by atoms with Gasteiger partial charge in [-0.15, -0.1) is 0 Å². The van der Waals surface area contributed by atoms with Gasteiger partial charge >= 0.3 is 5.97 Å². The Morgan fingerprint density at radius 3 is 2.71 bits per heavy atom. The fourth-order valence-corrected chi connectivity index (χ4v) is 3.54. The van der Waals surface area contributed by atoms with Gasteiger partial charge in [-0.2, -0.15) is 5.10 Å². The number of ether oxygens (including phenoxy) is 1. The van der Waals surface area contributed by atoms with Crippen LogP contribution >= 0.6 is 0 Å². The zero-order valence-electron chi connectivity index (χ0n) is 16.4. The first-order valence-electron chi connectivity index (χ1n) is 9.68. The third-order valence-corrected chi connectivity index (χ3v) is 5.08. The third kappa shape index (κ3) is 4.17. The van der Waals surface area contributed by atoms with Crippen LogP contribution in [0.1, 0.15) is 47.4 Å². The van der Waals surface area contributed by atoms with Crippen molar-refractivity contribution in [3.05, 3.63) is 41.6 Å². The van der Waals surface area contributed by atoms with Crippen molar-refractivity contribution in [3.63, 3.8) is 0 Å². The van der Waals surface area contributed by atoms with Gasteiger partial charge in [0.05, 0.1) is 18.5 Å². The zero-order chi connectivity index (χ0) is 20.1. The van der Waals surface area contributed by atoms with Crippen molar-refractivity contribution in [2.75, 3.05) is 32.0 Å². The second kappa shape index (κ2) is 8.88. The van der Waals surface area contributed by atoms with Crippen LogP contribution in [0.5, 0.6) is 0 Å². The standard InChI is InChI=1S/C20H27N5O3/c1-3-24-11-5-6-16(24)12-22-19(26)14-7-9-15(10-8-14)25-18(21)17(13-23-25)20(27)28-4-2/h7-10,13,16H,3-6,11-12,21H2,1-2H3,(H,22,26). The van der Waals surface area contributed by atoms with E-state index in [0.717, 1.165) is 19.5 Å². The van der Waals surface area contributed by atoms with E-state index in [1.807, 2.05) is 0 Å². The predicted octanol–water partition coefficient (Wildman–Crippen LogP) is 1.85. The average Bonchev–Trinajstić information content (AvgIpc) is 3.32. The van der Waals surface area contributed by atoms with Crippen LogP contribution in [0.3, 0.4) is 0 Å². The molecule has 0 aliphatic carbocycles. The molecule has 0 radical (unpaired) electrons. The number of nitrogens with zero attached hydrogens (tertiary/aromatic N) is 3. The molecule has 2 aromatic rings. The topological polar surface area (TPSA) is 102 Å². The number of esters is 1. The van der Waals surface area contributed by atoms with E-state index in [0.29, 0.717) is 23.8 Å². The SMILES string of the molecule is CCOC(=O)c1cnn(-c2ccc(C(=O)NCC3CCCN3CC)cc2)c1N. The van der Waals surface area contributed by atoms with Gasteiger partial charge in [0.2, 0.25) is 0 Å². The maximum atomic E-state index is 12.4. The number of nitrogen functional groups attached to an aromatic ring is 1. The number of nitrogens with one attached hydrogen (secondary N) is 1. The molecule has 1 aromatic heterocycles.